The third kappa shape index (κ3) is 3.31. The van der Waals surface area contributed by atoms with Crippen molar-refractivity contribution in [3.05, 3.63) is 64.4 Å². The Hall–Kier alpha value is -1.39. The molecule has 2 aromatic carbocycles. The maximum atomic E-state index is 13.3. The van der Waals surface area contributed by atoms with E-state index in [9.17, 15) is 4.39 Å². The molecule has 2 rings (SSSR count). The number of ether oxygens (including phenoxy) is 1. The Labute approximate surface area is 114 Å². The Bertz CT molecular complexity index is 518. The fourth-order valence-corrected chi connectivity index (χ4v) is 1.80. The van der Waals surface area contributed by atoms with Crippen LogP contribution < -0.4 is 10.5 Å². The van der Waals surface area contributed by atoms with Crippen LogP contribution in [0.15, 0.2) is 53.0 Å². The number of hydrogen-bond donors (Lipinski definition) is 1. The molecule has 0 aliphatic carbocycles. The van der Waals surface area contributed by atoms with Gasteiger partial charge in [-0.3, -0.25) is 0 Å². The lowest BCUT2D eigenvalue weighted by atomic mass is 10.1. The van der Waals surface area contributed by atoms with E-state index < -0.39 is 0 Å². The molecule has 0 spiro atoms. The van der Waals surface area contributed by atoms with Crippen LogP contribution >= 0.6 is 15.9 Å². The molecule has 0 aliphatic rings. The first kappa shape index (κ1) is 13.1. The highest BCUT2D eigenvalue weighted by atomic mass is 79.9. The van der Waals surface area contributed by atoms with Gasteiger partial charge in [0.25, 0.3) is 0 Å². The minimum Gasteiger partial charge on any atom is -0.492 e. The van der Waals surface area contributed by atoms with Crippen LogP contribution in [0.2, 0.25) is 0 Å². The van der Waals surface area contributed by atoms with Gasteiger partial charge < -0.3 is 10.5 Å². The van der Waals surface area contributed by atoms with Crippen LogP contribution in [0.5, 0.6) is 5.75 Å². The highest BCUT2D eigenvalue weighted by Gasteiger charge is 2.07. The van der Waals surface area contributed by atoms with E-state index in [-0.39, 0.29) is 11.9 Å². The zero-order valence-corrected chi connectivity index (χ0v) is 11.2. The van der Waals surface area contributed by atoms with Gasteiger partial charge in [0.15, 0.2) is 0 Å². The molecule has 18 heavy (non-hydrogen) atoms. The first-order chi connectivity index (χ1) is 8.66. The Balaban J connectivity index is 1.97. The average Bonchev–Trinajstić information content (AvgIpc) is 2.41. The minimum absolute atomic E-state index is 0.224. The van der Waals surface area contributed by atoms with E-state index in [0.29, 0.717) is 16.8 Å². The first-order valence-electron chi connectivity index (χ1n) is 5.55. The number of halogens is 2. The summed E-state index contributed by atoms with van der Waals surface area (Å²) in [6.45, 7) is 0.311. The fourth-order valence-electron chi connectivity index (χ4n) is 1.55. The van der Waals surface area contributed by atoms with E-state index in [0.717, 1.165) is 5.56 Å². The topological polar surface area (TPSA) is 35.2 Å². The maximum Gasteiger partial charge on any atom is 0.141 e. The van der Waals surface area contributed by atoms with Crippen LogP contribution in [-0.2, 0) is 0 Å². The van der Waals surface area contributed by atoms with Crippen molar-refractivity contribution in [1.82, 2.24) is 0 Å². The van der Waals surface area contributed by atoms with E-state index in [1.165, 1.54) is 6.07 Å². The molecule has 0 saturated heterocycles. The van der Waals surface area contributed by atoms with Gasteiger partial charge in [0.1, 0.15) is 18.2 Å². The molecule has 2 N–H and O–H groups in total. The number of benzene rings is 2. The summed E-state index contributed by atoms with van der Waals surface area (Å²) in [5.41, 5.74) is 6.98. The molecule has 0 bridgehead atoms. The molecule has 0 aliphatic heterocycles. The molecule has 0 amide bonds. The molecule has 0 radical (unpaired) electrons. The van der Waals surface area contributed by atoms with Gasteiger partial charge in [-0.1, -0.05) is 30.3 Å². The summed E-state index contributed by atoms with van der Waals surface area (Å²) >= 11 is 3.09. The van der Waals surface area contributed by atoms with Crippen molar-refractivity contribution in [2.75, 3.05) is 6.61 Å². The molecule has 4 heteroatoms. The number of rotatable bonds is 4. The SMILES string of the molecule is NC(COc1ccc(Br)c(F)c1)c1ccccc1. The highest BCUT2D eigenvalue weighted by molar-refractivity contribution is 9.10. The van der Waals surface area contributed by atoms with Crippen molar-refractivity contribution in [2.24, 2.45) is 5.73 Å². The standard InChI is InChI=1S/C14H13BrFNO/c15-12-7-6-11(8-13(12)16)18-9-14(17)10-4-2-1-3-5-10/h1-8,14H,9,17H2. The lowest BCUT2D eigenvalue weighted by Crippen LogP contribution is -2.18. The Morgan fingerprint density at radius 2 is 1.89 bits per heavy atom. The van der Waals surface area contributed by atoms with Gasteiger partial charge in [-0.25, -0.2) is 4.39 Å². The molecule has 0 fully saturated rings. The van der Waals surface area contributed by atoms with Gasteiger partial charge >= 0.3 is 0 Å². The molecule has 1 atom stereocenters. The van der Waals surface area contributed by atoms with E-state index >= 15 is 0 Å². The molecular formula is C14H13BrFNO. The zero-order valence-electron chi connectivity index (χ0n) is 9.64. The Kier molecular flexibility index (Phi) is 4.33. The molecule has 94 valence electrons. The van der Waals surface area contributed by atoms with Crippen molar-refractivity contribution < 1.29 is 9.13 Å². The van der Waals surface area contributed by atoms with Crippen LogP contribution in [0.25, 0.3) is 0 Å². The lowest BCUT2D eigenvalue weighted by Gasteiger charge is -2.13. The Morgan fingerprint density at radius 1 is 1.17 bits per heavy atom. The predicted octanol–water partition coefficient (Wildman–Crippen LogP) is 3.67. The van der Waals surface area contributed by atoms with Gasteiger partial charge in [-0.05, 0) is 33.6 Å². The number of hydrogen-bond acceptors (Lipinski definition) is 2. The van der Waals surface area contributed by atoms with Crippen molar-refractivity contribution in [2.45, 2.75) is 6.04 Å². The molecule has 1 unspecified atom stereocenters. The second-order valence-corrected chi connectivity index (χ2v) is 4.76. The van der Waals surface area contributed by atoms with Crippen LogP contribution in [0, 0.1) is 5.82 Å². The van der Waals surface area contributed by atoms with Gasteiger partial charge in [-0.15, -0.1) is 0 Å². The van der Waals surface area contributed by atoms with Crippen molar-refractivity contribution in [3.8, 4) is 5.75 Å². The van der Waals surface area contributed by atoms with E-state index in [1.54, 1.807) is 12.1 Å². The quantitative estimate of drug-likeness (QED) is 0.935. The molecule has 0 aromatic heterocycles. The van der Waals surface area contributed by atoms with Crippen molar-refractivity contribution in [3.63, 3.8) is 0 Å². The van der Waals surface area contributed by atoms with Crippen LogP contribution in [0.3, 0.4) is 0 Å². The summed E-state index contributed by atoms with van der Waals surface area (Å²) in [7, 11) is 0. The normalized spacial score (nSPS) is 12.2. The molecule has 2 nitrogen and oxygen atoms in total. The second kappa shape index (κ2) is 5.98. The number of nitrogens with two attached hydrogens (primary N) is 1. The average molecular weight is 310 g/mol. The zero-order chi connectivity index (χ0) is 13.0. The monoisotopic (exact) mass is 309 g/mol. The summed E-state index contributed by atoms with van der Waals surface area (Å²) in [6, 6.07) is 14.1. The molecular weight excluding hydrogens is 297 g/mol. The van der Waals surface area contributed by atoms with Gasteiger partial charge in [0.2, 0.25) is 0 Å². The summed E-state index contributed by atoms with van der Waals surface area (Å²) < 4.78 is 19.2. The largest absolute Gasteiger partial charge is 0.492 e. The summed E-state index contributed by atoms with van der Waals surface area (Å²) in [5.74, 6) is 0.128. The van der Waals surface area contributed by atoms with Crippen molar-refractivity contribution >= 4 is 15.9 Å². The summed E-state index contributed by atoms with van der Waals surface area (Å²) in [6.07, 6.45) is 0. The Morgan fingerprint density at radius 3 is 2.56 bits per heavy atom. The third-order valence-electron chi connectivity index (χ3n) is 2.55. The van der Waals surface area contributed by atoms with Gasteiger partial charge in [0.05, 0.1) is 10.5 Å². The maximum absolute atomic E-state index is 13.3. The highest BCUT2D eigenvalue weighted by Crippen LogP contribution is 2.21. The second-order valence-electron chi connectivity index (χ2n) is 3.90. The lowest BCUT2D eigenvalue weighted by molar-refractivity contribution is 0.289. The van der Waals surface area contributed by atoms with E-state index in [1.807, 2.05) is 30.3 Å². The summed E-state index contributed by atoms with van der Waals surface area (Å²) in [4.78, 5) is 0. The third-order valence-corrected chi connectivity index (χ3v) is 3.19. The predicted molar refractivity (Wildman–Crippen MR) is 73.0 cm³/mol. The first-order valence-corrected chi connectivity index (χ1v) is 6.34. The van der Waals surface area contributed by atoms with Crippen LogP contribution in [-0.4, -0.2) is 6.61 Å². The van der Waals surface area contributed by atoms with Gasteiger partial charge in [-0.2, -0.15) is 0 Å². The van der Waals surface area contributed by atoms with Crippen LogP contribution in [0.4, 0.5) is 4.39 Å². The smallest absolute Gasteiger partial charge is 0.141 e. The van der Waals surface area contributed by atoms with E-state index in [2.05, 4.69) is 15.9 Å². The minimum atomic E-state index is -0.346. The van der Waals surface area contributed by atoms with E-state index in [4.69, 9.17) is 10.5 Å². The molecule has 0 heterocycles. The fraction of sp³-hybridized carbons (Fsp3) is 0.143. The van der Waals surface area contributed by atoms with Crippen LogP contribution in [0.1, 0.15) is 11.6 Å². The molecule has 0 saturated carbocycles. The van der Waals surface area contributed by atoms with Gasteiger partial charge in [0, 0.05) is 6.07 Å². The van der Waals surface area contributed by atoms with Crippen molar-refractivity contribution in [1.29, 1.82) is 0 Å². The summed E-state index contributed by atoms with van der Waals surface area (Å²) in [5, 5.41) is 0. The molecule has 2 aromatic rings.